The minimum atomic E-state index is -1.51. The number of carbonyl (C=O) groups is 2. The predicted octanol–water partition coefficient (Wildman–Crippen LogP) is 8.02. The summed E-state index contributed by atoms with van der Waals surface area (Å²) in [6.07, 6.45) is 7.33. The average molecular weight is 854 g/mol. The number of carbonyl (C=O) groups excluding carboxylic acids is 2. The van der Waals surface area contributed by atoms with E-state index in [0.717, 1.165) is 47.9 Å². The van der Waals surface area contributed by atoms with Crippen molar-refractivity contribution in [3.8, 4) is 23.0 Å². The van der Waals surface area contributed by atoms with Gasteiger partial charge in [-0.1, -0.05) is 66.5 Å². The molecular formula is C48H59N3O11. The first kappa shape index (κ1) is 44.5. The van der Waals surface area contributed by atoms with Gasteiger partial charge in [-0.05, 0) is 98.4 Å². The van der Waals surface area contributed by atoms with Crippen LogP contribution in [0.4, 0.5) is 9.59 Å². The second kappa shape index (κ2) is 21.0. The molecule has 2 amide bonds. The molecule has 0 spiro atoms. The second-order valence-corrected chi connectivity index (χ2v) is 15.9. The number of fused-ring (bicyclic) bond motifs is 3. The topological polar surface area (TPSA) is 167 Å². The molecule has 4 aliphatic rings. The number of nitrogens with one attached hydrogen (secondary N) is 1. The number of aliphatic hydroxyl groups excluding tert-OH is 2. The lowest BCUT2D eigenvalue weighted by atomic mass is 9.55. The van der Waals surface area contributed by atoms with E-state index in [0.29, 0.717) is 54.7 Å². The zero-order valence-electron chi connectivity index (χ0n) is 35.7. The largest absolute Gasteiger partial charge is 0.459 e. The van der Waals surface area contributed by atoms with Crippen molar-refractivity contribution in [2.45, 2.75) is 89.6 Å². The van der Waals surface area contributed by atoms with E-state index in [9.17, 15) is 19.8 Å². The highest BCUT2D eigenvalue weighted by molar-refractivity contribution is 6.03. The SMILES string of the molecule is C=CCOC12Oc3ccc(OC(=O)NCc4ccccc4)cc3C3C(CCCCO)C(CCCCO)C=C(C(=NOCC)CC1N(Cc1ccc4c(c1)OCO4)C(=O)OCC)C32. The summed E-state index contributed by atoms with van der Waals surface area (Å²) in [5, 5.41) is 27.4. The van der Waals surface area contributed by atoms with Crippen LogP contribution < -0.4 is 24.3 Å². The number of nitrogens with zero attached hydrogens (tertiary/aromatic N) is 2. The highest BCUT2D eigenvalue weighted by Crippen LogP contribution is 2.62. The van der Waals surface area contributed by atoms with Crippen LogP contribution in [-0.4, -0.2) is 84.7 Å². The summed E-state index contributed by atoms with van der Waals surface area (Å²) in [5.74, 6) is -0.320. The van der Waals surface area contributed by atoms with E-state index in [-0.39, 0.29) is 63.9 Å². The summed E-state index contributed by atoms with van der Waals surface area (Å²) < 4.78 is 37.4. The molecule has 1 fully saturated rings. The Bertz CT molecular complexity index is 2080. The van der Waals surface area contributed by atoms with Crippen LogP contribution in [0.1, 0.15) is 81.4 Å². The number of oxime groups is 1. The van der Waals surface area contributed by atoms with Crippen molar-refractivity contribution in [2.24, 2.45) is 22.9 Å². The first-order valence-corrected chi connectivity index (χ1v) is 21.9. The lowest BCUT2D eigenvalue weighted by molar-refractivity contribution is -0.256. The van der Waals surface area contributed by atoms with Gasteiger partial charge in [0, 0.05) is 44.2 Å². The van der Waals surface area contributed by atoms with Crippen molar-refractivity contribution in [3.05, 3.63) is 108 Å². The van der Waals surface area contributed by atoms with Gasteiger partial charge < -0.3 is 48.8 Å². The Morgan fingerprint density at radius 2 is 1.71 bits per heavy atom. The summed E-state index contributed by atoms with van der Waals surface area (Å²) in [7, 11) is 0. The molecular weight excluding hydrogens is 795 g/mol. The monoisotopic (exact) mass is 853 g/mol. The Balaban J connectivity index is 1.39. The molecule has 3 N–H and O–H groups in total. The molecule has 1 saturated carbocycles. The lowest BCUT2D eigenvalue weighted by Crippen LogP contribution is -2.70. The van der Waals surface area contributed by atoms with Crippen LogP contribution in [0.5, 0.6) is 23.0 Å². The minimum Gasteiger partial charge on any atom is -0.459 e. The summed E-state index contributed by atoms with van der Waals surface area (Å²) >= 11 is 0. The van der Waals surface area contributed by atoms with Crippen LogP contribution in [0.3, 0.4) is 0 Å². The maximum Gasteiger partial charge on any atom is 0.412 e. The molecule has 0 saturated heterocycles. The molecule has 0 bridgehead atoms. The third-order valence-corrected chi connectivity index (χ3v) is 12.1. The molecule has 14 heteroatoms. The highest BCUT2D eigenvalue weighted by Gasteiger charge is 2.65. The number of aliphatic hydroxyl groups is 2. The van der Waals surface area contributed by atoms with E-state index in [1.165, 1.54) is 0 Å². The molecule has 62 heavy (non-hydrogen) atoms. The fraction of sp³-hybridized carbons (Fsp3) is 0.479. The molecule has 3 aromatic rings. The Labute approximate surface area is 363 Å². The summed E-state index contributed by atoms with van der Waals surface area (Å²) in [4.78, 5) is 35.2. The van der Waals surface area contributed by atoms with Gasteiger partial charge in [-0.3, -0.25) is 4.90 Å². The number of ether oxygens (including phenoxy) is 6. The summed E-state index contributed by atoms with van der Waals surface area (Å²) in [6.45, 7) is 8.86. The normalized spacial score (nSPS) is 23.6. The Morgan fingerprint density at radius 1 is 0.935 bits per heavy atom. The number of hydrogen-bond donors (Lipinski definition) is 3. The third kappa shape index (κ3) is 9.72. The van der Waals surface area contributed by atoms with Gasteiger partial charge >= 0.3 is 12.2 Å². The molecule has 14 nitrogen and oxygen atoms in total. The third-order valence-electron chi connectivity index (χ3n) is 12.1. The van der Waals surface area contributed by atoms with Gasteiger partial charge in [-0.2, -0.15) is 0 Å². The summed E-state index contributed by atoms with van der Waals surface area (Å²) in [6, 6.07) is 19.8. The Hall–Kier alpha value is -5.57. The maximum absolute atomic E-state index is 14.4. The Kier molecular flexibility index (Phi) is 15.1. The zero-order chi connectivity index (χ0) is 43.5. The molecule has 2 aliphatic heterocycles. The van der Waals surface area contributed by atoms with E-state index in [1.807, 2.05) is 61.5 Å². The predicted molar refractivity (Wildman–Crippen MR) is 231 cm³/mol. The fourth-order valence-electron chi connectivity index (χ4n) is 9.51. The van der Waals surface area contributed by atoms with Gasteiger partial charge in [-0.15, -0.1) is 6.58 Å². The number of amides is 2. The number of allylic oxidation sites excluding steroid dienone is 1. The van der Waals surface area contributed by atoms with Crippen molar-refractivity contribution in [1.82, 2.24) is 10.2 Å². The van der Waals surface area contributed by atoms with Crippen molar-refractivity contribution >= 4 is 17.9 Å². The lowest BCUT2D eigenvalue weighted by Gasteiger charge is -2.59. The highest BCUT2D eigenvalue weighted by atomic mass is 16.7. The van der Waals surface area contributed by atoms with E-state index in [2.05, 4.69) is 18.0 Å². The number of rotatable bonds is 20. The van der Waals surface area contributed by atoms with Gasteiger partial charge in [0.05, 0.1) is 24.8 Å². The molecule has 6 atom stereocenters. The smallest absolute Gasteiger partial charge is 0.412 e. The standard InChI is InChI=1S/C48H59N3O11/c1-4-24-59-48-43(51(47(55)56-5-2)30-33-18-20-41-42(25-33)58-31-57-41)28-39(50-60-6-3)37-26-34(16-10-12-22-52)36(17-11-13-23-53)44(45(37)48)38-27-35(19-21-40(38)62-48)61-46(54)49-29-32-14-8-7-9-15-32/h4,7-9,14-15,18-21,25-27,34,36,43-45,52-53H,1,5-6,10-13,16-17,22-24,28-31H2,2-3H3,(H,49,54). The first-order chi connectivity index (χ1) is 30.3. The van der Waals surface area contributed by atoms with Crippen LogP contribution in [0, 0.1) is 17.8 Å². The number of hydrogen-bond acceptors (Lipinski definition) is 12. The number of unbranched alkanes of at least 4 members (excludes halogenated alkanes) is 2. The molecule has 0 aromatic heterocycles. The van der Waals surface area contributed by atoms with E-state index >= 15 is 0 Å². The maximum atomic E-state index is 14.4. The molecule has 7 rings (SSSR count). The van der Waals surface area contributed by atoms with E-state index in [1.54, 1.807) is 30.0 Å². The minimum absolute atomic E-state index is 0.0245. The van der Waals surface area contributed by atoms with Crippen LogP contribution in [0.25, 0.3) is 0 Å². The zero-order valence-corrected chi connectivity index (χ0v) is 35.7. The number of benzene rings is 3. The van der Waals surface area contributed by atoms with Gasteiger partial charge in [0.25, 0.3) is 0 Å². The van der Waals surface area contributed by atoms with Crippen molar-refractivity contribution < 1.29 is 53.1 Å². The quantitative estimate of drug-likeness (QED) is 0.0573. The van der Waals surface area contributed by atoms with Gasteiger partial charge in [0.1, 0.15) is 24.1 Å². The van der Waals surface area contributed by atoms with Gasteiger partial charge in [-0.25, -0.2) is 9.59 Å². The second-order valence-electron chi connectivity index (χ2n) is 15.9. The van der Waals surface area contributed by atoms with Crippen molar-refractivity contribution in [1.29, 1.82) is 0 Å². The van der Waals surface area contributed by atoms with E-state index < -0.39 is 29.9 Å². The molecule has 6 unspecified atom stereocenters. The van der Waals surface area contributed by atoms with Crippen LogP contribution in [-0.2, 0) is 27.4 Å². The van der Waals surface area contributed by atoms with Crippen LogP contribution >= 0.6 is 0 Å². The molecule has 0 radical (unpaired) electrons. The van der Waals surface area contributed by atoms with Crippen LogP contribution in [0.15, 0.2) is 96.2 Å². The molecule has 2 heterocycles. The van der Waals surface area contributed by atoms with Crippen LogP contribution in [0.2, 0.25) is 0 Å². The molecule has 3 aromatic carbocycles. The molecule has 2 aliphatic carbocycles. The van der Waals surface area contributed by atoms with Crippen molar-refractivity contribution in [2.75, 3.05) is 39.8 Å². The van der Waals surface area contributed by atoms with Gasteiger partial charge in [0.2, 0.25) is 12.6 Å². The van der Waals surface area contributed by atoms with Crippen molar-refractivity contribution in [3.63, 3.8) is 0 Å². The first-order valence-electron chi connectivity index (χ1n) is 21.9. The average Bonchev–Trinajstić information content (AvgIpc) is 3.76. The molecule has 332 valence electrons. The van der Waals surface area contributed by atoms with E-state index in [4.69, 9.17) is 38.4 Å². The van der Waals surface area contributed by atoms with Gasteiger partial charge in [0.15, 0.2) is 11.5 Å². The summed E-state index contributed by atoms with van der Waals surface area (Å²) in [5.41, 5.74) is 4.08. The Morgan fingerprint density at radius 3 is 2.47 bits per heavy atom. The fourth-order valence-corrected chi connectivity index (χ4v) is 9.51.